The molecule has 0 amide bonds. The molecule has 36 heavy (non-hydrogen) atoms. The Bertz CT molecular complexity index is 1240. The fourth-order valence-electron chi connectivity index (χ4n) is 4.55. The van der Waals surface area contributed by atoms with Crippen LogP contribution in [0.5, 0.6) is 5.75 Å². The van der Waals surface area contributed by atoms with Gasteiger partial charge in [-0.25, -0.2) is 4.98 Å². The normalized spacial score (nSPS) is 11.3. The van der Waals surface area contributed by atoms with Crippen molar-refractivity contribution in [3.8, 4) is 28.4 Å². The number of aromatic nitrogens is 2. The summed E-state index contributed by atoms with van der Waals surface area (Å²) in [6, 6.07) is 26.3. The first kappa shape index (κ1) is 26.0. The minimum Gasteiger partial charge on any atom is -0.508 e. The molecule has 5 heteroatoms. The van der Waals surface area contributed by atoms with Crippen LogP contribution in [-0.2, 0) is 19.6 Å². The van der Waals surface area contributed by atoms with Crippen molar-refractivity contribution in [1.29, 1.82) is 0 Å². The molecule has 1 heterocycles. The molecule has 4 aromatic rings. The zero-order chi connectivity index (χ0) is 25.3. The summed E-state index contributed by atoms with van der Waals surface area (Å²) >= 11 is 6.52. The minimum absolute atomic E-state index is 0.195. The Kier molecular flexibility index (Phi) is 9.21. The Morgan fingerprint density at radius 1 is 0.833 bits per heavy atom. The zero-order valence-corrected chi connectivity index (χ0v) is 22.1. The van der Waals surface area contributed by atoms with Crippen molar-refractivity contribution >= 4 is 11.6 Å². The quantitative estimate of drug-likeness (QED) is 0.213. The summed E-state index contributed by atoms with van der Waals surface area (Å²) in [7, 11) is 0. The lowest BCUT2D eigenvalue weighted by Crippen LogP contribution is -2.26. The van der Waals surface area contributed by atoms with Crippen molar-refractivity contribution in [3.63, 3.8) is 0 Å². The van der Waals surface area contributed by atoms with E-state index in [0.717, 1.165) is 73.5 Å². The van der Waals surface area contributed by atoms with E-state index in [1.165, 1.54) is 5.69 Å². The molecule has 1 N–H and O–H groups in total. The number of benzene rings is 3. The summed E-state index contributed by atoms with van der Waals surface area (Å²) in [5.74, 6) is 1.22. The van der Waals surface area contributed by atoms with E-state index in [1.807, 2.05) is 6.07 Å². The number of unbranched alkanes of at least 4 members (excludes halogenated alkanes) is 2. The number of hydrogen-bond donors (Lipinski definition) is 1. The molecule has 0 spiro atoms. The van der Waals surface area contributed by atoms with Crippen molar-refractivity contribution in [2.45, 2.75) is 59.2 Å². The first-order valence-corrected chi connectivity index (χ1v) is 13.4. The number of phenols is 1. The third kappa shape index (κ3) is 6.37. The number of rotatable bonds is 12. The van der Waals surface area contributed by atoms with Gasteiger partial charge < -0.3 is 9.67 Å². The number of halogens is 1. The van der Waals surface area contributed by atoms with Gasteiger partial charge in [0.15, 0.2) is 0 Å². The molecule has 0 unspecified atom stereocenters. The van der Waals surface area contributed by atoms with Gasteiger partial charge in [0.2, 0.25) is 0 Å². The van der Waals surface area contributed by atoms with E-state index in [1.54, 1.807) is 12.1 Å². The van der Waals surface area contributed by atoms with Gasteiger partial charge in [0, 0.05) is 35.8 Å². The van der Waals surface area contributed by atoms with Crippen molar-refractivity contribution in [3.05, 3.63) is 95.1 Å². The van der Waals surface area contributed by atoms with E-state index < -0.39 is 0 Å². The molecular weight excluding hydrogens is 466 g/mol. The van der Waals surface area contributed by atoms with Crippen LogP contribution in [0.1, 0.15) is 50.8 Å². The van der Waals surface area contributed by atoms with Gasteiger partial charge in [-0.2, -0.15) is 0 Å². The van der Waals surface area contributed by atoms with Gasteiger partial charge in [-0.1, -0.05) is 105 Å². The highest BCUT2D eigenvalue weighted by molar-refractivity contribution is 6.31. The van der Waals surface area contributed by atoms with E-state index in [0.29, 0.717) is 11.6 Å². The van der Waals surface area contributed by atoms with Crippen molar-refractivity contribution in [2.24, 2.45) is 0 Å². The average Bonchev–Trinajstić information content (AvgIpc) is 3.26. The molecule has 0 fully saturated rings. The van der Waals surface area contributed by atoms with Crippen LogP contribution in [0.3, 0.4) is 0 Å². The van der Waals surface area contributed by atoms with Gasteiger partial charge in [0.25, 0.3) is 0 Å². The van der Waals surface area contributed by atoms with Gasteiger partial charge in [0.1, 0.15) is 11.6 Å². The lowest BCUT2D eigenvalue weighted by Gasteiger charge is -2.25. The maximum atomic E-state index is 9.83. The monoisotopic (exact) mass is 501 g/mol. The molecule has 0 aliphatic rings. The maximum absolute atomic E-state index is 9.83. The van der Waals surface area contributed by atoms with E-state index in [-0.39, 0.29) is 5.75 Å². The van der Waals surface area contributed by atoms with Crippen molar-refractivity contribution in [1.82, 2.24) is 14.5 Å². The zero-order valence-electron chi connectivity index (χ0n) is 21.3. The number of hydrogen-bond acceptors (Lipinski definition) is 3. The number of imidazole rings is 1. The second-order valence-corrected chi connectivity index (χ2v) is 9.72. The largest absolute Gasteiger partial charge is 0.508 e. The highest BCUT2D eigenvalue weighted by Gasteiger charge is 2.22. The summed E-state index contributed by atoms with van der Waals surface area (Å²) in [5.41, 5.74) is 5.58. The molecule has 0 saturated heterocycles. The predicted molar refractivity (Wildman–Crippen MR) is 150 cm³/mol. The highest BCUT2D eigenvalue weighted by atomic mass is 35.5. The number of nitrogens with zero attached hydrogens (tertiary/aromatic N) is 3. The third-order valence-corrected chi connectivity index (χ3v) is 6.87. The summed E-state index contributed by atoms with van der Waals surface area (Å²) in [6.45, 7) is 7.83. The molecule has 188 valence electrons. The number of aromatic hydroxyl groups is 1. The van der Waals surface area contributed by atoms with Gasteiger partial charge in [-0.3, -0.25) is 4.90 Å². The molecule has 4 nitrogen and oxygen atoms in total. The predicted octanol–water partition coefficient (Wildman–Crippen LogP) is 8.18. The minimum atomic E-state index is 0.195. The Hall–Kier alpha value is -3.08. The highest BCUT2D eigenvalue weighted by Crippen LogP contribution is 2.32. The van der Waals surface area contributed by atoms with Gasteiger partial charge in [-0.05, 0) is 37.1 Å². The van der Waals surface area contributed by atoms with Crippen LogP contribution >= 0.6 is 11.6 Å². The third-order valence-electron chi connectivity index (χ3n) is 6.52. The van der Waals surface area contributed by atoms with Gasteiger partial charge in [-0.15, -0.1) is 0 Å². The summed E-state index contributed by atoms with van der Waals surface area (Å²) in [4.78, 5) is 7.71. The Morgan fingerprint density at radius 3 is 2.14 bits per heavy atom. The topological polar surface area (TPSA) is 41.3 Å². The summed E-state index contributed by atoms with van der Waals surface area (Å²) in [6.07, 6.45) is 4.44. The number of phenolic OH excluding ortho intramolecular Hbond substituents is 1. The molecule has 4 rings (SSSR count). The Morgan fingerprint density at radius 2 is 1.50 bits per heavy atom. The fourth-order valence-corrected chi connectivity index (χ4v) is 4.79. The average molecular weight is 502 g/mol. The van der Waals surface area contributed by atoms with Crippen LogP contribution < -0.4 is 0 Å². The van der Waals surface area contributed by atoms with Crippen LogP contribution in [0, 0.1) is 0 Å². The van der Waals surface area contributed by atoms with E-state index in [4.69, 9.17) is 16.6 Å². The van der Waals surface area contributed by atoms with Gasteiger partial charge in [0.05, 0.1) is 11.4 Å². The first-order chi connectivity index (χ1) is 17.6. The molecule has 0 bridgehead atoms. The first-order valence-electron chi connectivity index (χ1n) is 13.0. The van der Waals surface area contributed by atoms with Crippen molar-refractivity contribution < 1.29 is 5.11 Å². The van der Waals surface area contributed by atoms with Crippen LogP contribution in [0.4, 0.5) is 0 Å². The Balaban J connectivity index is 1.80. The second-order valence-electron chi connectivity index (χ2n) is 9.31. The molecule has 1 aromatic heterocycles. The Labute approximate surface area is 220 Å². The second kappa shape index (κ2) is 12.8. The lowest BCUT2D eigenvalue weighted by atomic mass is 10.1. The lowest BCUT2D eigenvalue weighted by molar-refractivity contribution is 0.246. The standard InChI is InChI=1S/C31H36ClN3O/c1-3-5-19-34(22-26-17-18-27(36)21-28(26)32)23-29-30(24-13-9-7-10-14-24)33-31(35(29)20-6-4-2)25-15-11-8-12-16-25/h7-18,21,36H,3-6,19-20,22-23H2,1-2H3. The molecule has 3 aromatic carbocycles. The van der Waals surface area contributed by atoms with Crippen LogP contribution in [-0.4, -0.2) is 26.1 Å². The van der Waals surface area contributed by atoms with E-state index in [9.17, 15) is 5.11 Å². The smallest absolute Gasteiger partial charge is 0.140 e. The van der Waals surface area contributed by atoms with Crippen LogP contribution in [0.15, 0.2) is 78.9 Å². The molecule has 0 saturated carbocycles. The summed E-state index contributed by atoms with van der Waals surface area (Å²) < 4.78 is 2.43. The maximum Gasteiger partial charge on any atom is 0.140 e. The van der Waals surface area contributed by atoms with Crippen LogP contribution in [0.2, 0.25) is 5.02 Å². The summed E-state index contributed by atoms with van der Waals surface area (Å²) in [5, 5.41) is 10.4. The van der Waals surface area contributed by atoms with E-state index >= 15 is 0 Å². The molecular formula is C31H36ClN3O. The molecule has 0 atom stereocenters. The molecule has 0 aliphatic heterocycles. The van der Waals surface area contributed by atoms with Gasteiger partial charge >= 0.3 is 0 Å². The van der Waals surface area contributed by atoms with E-state index in [2.05, 4.69) is 84.0 Å². The van der Waals surface area contributed by atoms with Crippen LogP contribution in [0.25, 0.3) is 22.6 Å². The molecule has 0 aliphatic carbocycles. The molecule has 0 radical (unpaired) electrons. The SMILES string of the molecule is CCCCN(Cc1ccc(O)cc1Cl)Cc1c(-c2ccccc2)nc(-c2ccccc2)n1CCCC. The van der Waals surface area contributed by atoms with Crippen molar-refractivity contribution in [2.75, 3.05) is 6.54 Å². The fraction of sp³-hybridized carbons (Fsp3) is 0.323.